The molecule has 2 aromatic heterocycles. The fourth-order valence-electron chi connectivity index (χ4n) is 6.82. The predicted octanol–water partition coefficient (Wildman–Crippen LogP) is 10.4. The minimum Gasteiger partial charge on any atom is -0.292 e. The lowest BCUT2D eigenvalue weighted by Gasteiger charge is -2.18. The van der Waals surface area contributed by atoms with Gasteiger partial charge < -0.3 is 0 Å². The highest BCUT2D eigenvalue weighted by molar-refractivity contribution is 6.23. The first kappa shape index (κ1) is 22.4. The third-order valence-corrected chi connectivity index (χ3v) is 8.54. The molecule has 2 heteroatoms. The number of aromatic nitrogens is 2. The molecule has 0 bridgehead atoms. The minimum atomic E-state index is 1.00. The summed E-state index contributed by atoms with van der Waals surface area (Å²) in [5, 5.41) is 8.69. The van der Waals surface area contributed by atoms with Crippen molar-refractivity contribution in [1.82, 2.24) is 9.38 Å². The smallest absolute Gasteiger partial charge is 0.146 e. The lowest BCUT2D eigenvalue weighted by atomic mass is 9.85. The van der Waals surface area contributed by atoms with Gasteiger partial charge in [-0.3, -0.25) is 4.40 Å². The third kappa shape index (κ3) is 3.16. The number of nitrogens with zero attached hydrogens (tertiary/aromatic N) is 2. The number of hydrogen-bond donors (Lipinski definition) is 0. The number of pyridine rings is 1. The van der Waals surface area contributed by atoms with Crippen LogP contribution in [0.2, 0.25) is 0 Å². The highest BCUT2D eigenvalue weighted by atomic mass is 15.0. The van der Waals surface area contributed by atoms with Crippen LogP contribution >= 0.6 is 0 Å². The number of fused-ring (bicyclic) bond motifs is 10. The van der Waals surface area contributed by atoms with Crippen LogP contribution in [0.5, 0.6) is 0 Å². The summed E-state index contributed by atoms with van der Waals surface area (Å²) in [5.41, 5.74) is 9.35. The lowest BCUT2D eigenvalue weighted by Crippen LogP contribution is -1.93. The summed E-state index contributed by atoms with van der Waals surface area (Å²) in [5.74, 6) is 0. The summed E-state index contributed by atoms with van der Waals surface area (Å²) < 4.78 is 2.31. The maximum Gasteiger partial charge on any atom is 0.146 e. The van der Waals surface area contributed by atoms with E-state index in [0.717, 1.165) is 22.1 Å². The van der Waals surface area contributed by atoms with Crippen molar-refractivity contribution in [3.05, 3.63) is 146 Å². The van der Waals surface area contributed by atoms with E-state index in [1.165, 1.54) is 60.1 Å². The van der Waals surface area contributed by atoms with Crippen LogP contribution in [0, 0.1) is 0 Å². The Hall–Kier alpha value is -5.47. The highest BCUT2D eigenvalue weighted by Gasteiger charge is 2.18. The number of imidazole rings is 1. The second-order valence-corrected chi connectivity index (χ2v) is 10.7. The Balaban J connectivity index is 1.43. The van der Waals surface area contributed by atoms with Crippen molar-refractivity contribution in [3.8, 4) is 22.3 Å². The van der Waals surface area contributed by atoms with Crippen LogP contribution in [0.4, 0.5) is 0 Å². The lowest BCUT2D eigenvalue weighted by molar-refractivity contribution is 1.31. The number of benzene rings is 7. The van der Waals surface area contributed by atoms with E-state index >= 15 is 0 Å². The van der Waals surface area contributed by atoms with Crippen molar-refractivity contribution < 1.29 is 0 Å². The number of hydrogen-bond acceptors (Lipinski definition) is 1. The summed E-state index contributed by atoms with van der Waals surface area (Å²) >= 11 is 0. The van der Waals surface area contributed by atoms with Gasteiger partial charge in [-0.05, 0) is 79.5 Å². The standard InChI is InChI=1S/C39H24N2/c1-2-12-25(13-3-1)37-28-15-4-6-17-30(28)38(31-18-7-5-16-29(31)37)26-22-23-32-33(24-26)27-14-8-10-20-35(27)41-36-21-11-9-19-34(36)40-39(32)41/h1-24H. The summed E-state index contributed by atoms with van der Waals surface area (Å²) in [6.45, 7) is 0. The molecule has 9 aromatic rings. The molecule has 0 radical (unpaired) electrons. The van der Waals surface area contributed by atoms with Gasteiger partial charge in [0.2, 0.25) is 0 Å². The fraction of sp³-hybridized carbons (Fsp3) is 0. The molecule has 0 aliphatic heterocycles. The van der Waals surface area contributed by atoms with Gasteiger partial charge in [0.05, 0.1) is 16.6 Å². The van der Waals surface area contributed by atoms with Gasteiger partial charge in [-0.15, -0.1) is 0 Å². The van der Waals surface area contributed by atoms with Gasteiger partial charge in [-0.2, -0.15) is 0 Å². The minimum absolute atomic E-state index is 1.00. The summed E-state index contributed by atoms with van der Waals surface area (Å²) in [6, 6.07) is 52.5. The third-order valence-electron chi connectivity index (χ3n) is 8.54. The molecule has 0 aliphatic carbocycles. The Bertz CT molecular complexity index is 2410. The first-order valence-electron chi connectivity index (χ1n) is 14.1. The molecule has 0 atom stereocenters. The average molecular weight is 521 g/mol. The average Bonchev–Trinajstić information content (AvgIpc) is 3.44. The molecule has 9 rings (SSSR count). The Morgan fingerprint density at radius 2 is 0.902 bits per heavy atom. The number of rotatable bonds is 2. The first-order valence-corrected chi connectivity index (χ1v) is 14.1. The second kappa shape index (κ2) is 8.51. The van der Waals surface area contributed by atoms with Gasteiger partial charge in [-0.1, -0.05) is 115 Å². The van der Waals surface area contributed by atoms with E-state index in [4.69, 9.17) is 4.98 Å². The van der Waals surface area contributed by atoms with E-state index in [0.29, 0.717) is 0 Å². The Labute approximate surface area is 236 Å². The zero-order valence-electron chi connectivity index (χ0n) is 22.3. The second-order valence-electron chi connectivity index (χ2n) is 10.7. The van der Waals surface area contributed by atoms with Crippen LogP contribution < -0.4 is 0 Å². The Kier molecular flexibility index (Phi) is 4.64. The van der Waals surface area contributed by atoms with E-state index in [-0.39, 0.29) is 0 Å². The van der Waals surface area contributed by atoms with Gasteiger partial charge in [0, 0.05) is 10.8 Å². The molecule has 0 aliphatic rings. The molecule has 0 saturated carbocycles. The van der Waals surface area contributed by atoms with Gasteiger partial charge in [0.25, 0.3) is 0 Å². The maximum atomic E-state index is 5.10. The van der Waals surface area contributed by atoms with Gasteiger partial charge in [0.15, 0.2) is 0 Å². The van der Waals surface area contributed by atoms with Crippen LogP contribution in [0.1, 0.15) is 0 Å². The first-order chi connectivity index (χ1) is 20.4. The van der Waals surface area contributed by atoms with E-state index in [2.05, 4.69) is 150 Å². The molecule has 0 spiro atoms. The Morgan fingerprint density at radius 3 is 1.59 bits per heavy atom. The molecule has 0 fully saturated rings. The maximum absolute atomic E-state index is 5.10. The van der Waals surface area contributed by atoms with Gasteiger partial charge >= 0.3 is 0 Å². The molecule has 0 saturated heterocycles. The molecule has 41 heavy (non-hydrogen) atoms. The molecule has 0 N–H and O–H groups in total. The molecule has 7 aromatic carbocycles. The SMILES string of the molecule is c1ccc(-c2c3ccccc3c(-c3ccc4c(c3)c3ccccc3n3c5ccccc5nc43)c3ccccc23)cc1. The van der Waals surface area contributed by atoms with E-state index in [9.17, 15) is 0 Å². The van der Waals surface area contributed by atoms with Crippen molar-refractivity contribution in [2.75, 3.05) is 0 Å². The van der Waals surface area contributed by atoms with E-state index in [1.807, 2.05) is 0 Å². The van der Waals surface area contributed by atoms with Gasteiger partial charge in [0.1, 0.15) is 5.65 Å². The molecule has 0 amide bonds. The van der Waals surface area contributed by atoms with Crippen molar-refractivity contribution in [1.29, 1.82) is 0 Å². The van der Waals surface area contributed by atoms with E-state index < -0.39 is 0 Å². The normalized spacial score (nSPS) is 11.9. The quantitative estimate of drug-likeness (QED) is 0.164. The van der Waals surface area contributed by atoms with Gasteiger partial charge in [-0.25, -0.2) is 4.98 Å². The van der Waals surface area contributed by atoms with Crippen molar-refractivity contribution in [2.24, 2.45) is 0 Å². The van der Waals surface area contributed by atoms with E-state index in [1.54, 1.807) is 0 Å². The van der Waals surface area contributed by atoms with Crippen LogP contribution in [-0.4, -0.2) is 9.38 Å². The molecule has 0 unspecified atom stereocenters. The Morgan fingerprint density at radius 1 is 0.366 bits per heavy atom. The van der Waals surface area contributed by atoms with Crippen molar-refractivity contribution in [2.45, 2.75) is 0 Å². The highest BCUT2D eigenvalue weighted by Crippen LogP contribution is 2.44. The largest absolute Gasteiger partial charge is 0.292 e. The molecule has 2 heterocycles. The monoisotopic (exact) mass is 520 g/mol. The zero-order valence-corrected chi connectivity index (χ0v) is 22.3. The fourth-order valence-corrected chi connectivity index (χ4v) is 6.82. The van der Waals surface area contributed by atoms with Crippen molar-refractivity contribution in [3.63, 3.8) is 0 Å². The molecule has 2 nitrogen and oxygen atoms in total. The summed E-state index contributed by atoms with van der Waals surface area (Å²) in [6.07, 6.45) is 0. The zero-order chi connectivity index (χ0) is 26.9. The molecular formula is C39H24N2. The van der Waals surface area contributed by atoms with Crippen LogP contribution in [-0.2, 0) is 0 Å². The predicted molar refractivity (Wildman–Crippen MR) is 174 cm³/mol. The topological polar surface area (TPSA) is 17.3 Å². The van der Waals surface area contributed by atoms with Crippen LogP contribution in [0.15, 0.2) is 146 Å². The van der Waals surface area contributed by atoms with Crippen LogP contribution in [0.25, 0.3) is 82.2 Å². The summed E-state index contributed by atoms with van der Waals surface area (Å²) in [4.78, 5) is 5.10. The van der Waals surface area contributed by atoms with Crippen LogP contribution in [0.3, 0.4) is 0 Å². The number of para-hydroxylation sites is 3. The van der Waals surface area contributed by atoms with Crippen molar-refractivity contribution >= 4 is 59.9 Å². The summed E-state index contributed by atoms with van der Waals surface area (Å²) in [7, 11) is 0. The molecule has 190 valence electrons. The molecular weight excluding hydrogens is 496 g/mol.